The van der Waals surface area contributed by atoms with Crippen molar-refractivity contribution in [2.75, 3.05) is 6.61 Å². The summed E-state index contributed by atoms with van der Waals surface area (Å²) >= 11 is 0. The highest BCUT2D eigenvalue weighted by Gasteiger charge is 2.14. The molecule has 0 unspecified atom stereocenters. The molecule has 0 saturated carbocycles. The van der Waals surface area contributed by atoms with Gasteiger partial charge in [0.15, 0.2) is 0 Å². The molecule has 9 heteroatoms. The maximum atomic E-state index is 10.2. The number of hydrogen-bond donors (Lipinski definition) is 2. The topological polar surface area (TPSA) is 111 Å². The van der Waals surface area contributed by atoms with Gasteiger partial charge in [-0.15, -0.1) is 30.0 Å². The summed E-state index contributed by atoms with van der Waals surface area (Å²) < 4.78 is 5.50. The minimum atomic E-state index is 0.161. The van der Waals surface area contributed by atoms with Gasteiger partial charge in [0, 0.05) is 6.07 Å². The fourth-order valence-electron chi connectivity index (χ4n) is 4.26. The van der Waals surface area contributed by atoms with Crippen LogP contribution in [0.5, 0.6) is 17.2 Å². The van der Waals surface area contributed by atoms with E-state index in [1.165, 1.54) is 9.59 Å². The van der Waals surface area contributed by atoms with E-state index in [1.54, 1.807) is 12.1 Å². The zero-order chi connectivity index (χ0) is 31.5. The van der Waals surface area contributed by atoms with Crippen molar-refractivity contribution in [1.29, 1.82) is 0 Å². The Morgan fingerprint density at radius 3 is 1.40 bits per heavy atom. The van der Waals surface area contributed by atoms with Crippen LogP contribution in [-0.4, -0.2) is 46.8 Å². The zero-order valence-corrected chi connectivity index (χ0v) is 26.3. The van der Waals surface area contributed by atoms with Crippen LogP contribution in [0.25, 0.3) is 33.4 Å². The first-order valence-corrected chi connectivity index (χ1v) is 14.8. The summed E-state index contributed by atoms with van der Waals surface area (Å²) in [4.78, 5) is 2.95. The molecule has 2 aromatic heterocycles. The fraction of sp³-hybridized carbons (Fsp3) is 0.294. The molecule has 6 rings (SSSR count). The molecule has 0 aliphatic rings. The summed E-state index contributed by atoms with van der Waals surface area (Å²) in [7, 11) is 0. The van der Waals surface area contributed by atoms with E-state index < -0.39 is 0 Å². The number of nitrogens with zero attached hydrogens (tertiary/aromatic N) is 6. The van der Waals surface area contributed by atoms with Gasteiger partial charge < -0.3 is 14.9 Å². The van der Waals surface area contributed by atoms with Crippen LogP contribution >= 0.6 is 0 Å². The summed E-state index contributed by atoms with van der Waals surface area (Å²) in [6.07, 6.45) is 0.912. The Morgan fingerprint density at radius 2 is 1.00 bits per heavy atom. The number of ether oxygens (including phenoxy) is 1. The van der Waals surface area contributed by atoms with E-state index in [-0.39, 0.29) is 11.5 Å². The van der Waals surface area contributed by atoms with Crippen LogP contribution in [0.1, 0.15) is 58.2 Å². The predicted octanol–water partition coefficient (Wildman–Crippen LogP) is 7.88. The van der Waals surface area contributed by atoms with Crippen molar-refractivity contribution in [1.82, 2.24) is 30.0 Å². The van der Waals surface area contributed by atoms with Crippen LogP contribution in [-0.2, 0) is 6.42 Å². The molecule has 2 N–H and O–H groups in total. The van der Waals surface area contributed by atoms with E-state index >= 15 is 0 Å². The number of aromatic nitrogens is 6. The Labute approximate surface area is 253 Å². The van der Waals surface area contributed by atoms with Gasteiger partial charge in [-0.1, -0.05) is 65.0 Å². The molecule has 0 fully saturated rings. The van der Waals surface area contributed by atoms with Gasteiger partial charge in [0.1, 0.15) is 50.7 Å². The number of hydrogen-bond acceptors (Lipinski definition) is 7. The number of phenols is 2. The zero-order valence-electron chi connectivity index (χ0n) is 26.3. The van der Waals surface area contributed by atoms with Gasteiger partial charge in [-0.3, -0.25) is 0 Å². The van der Waals surface area contributed by atoms with Gasteiger partial charge in [-0.2, -0.15) is 0 Å². The molecular formula is C34H42N6O3. The van der Waals surface area contributed by atoms with Gasteiger partial charge in [0.05, 0.1) is 6.61 Å². The van der Waals surface area contributed by atoms with Crippen molar-refractivity contribution in [3.63, 3.8) is 0 Å². The molecule has 4 aromatic carbocycles. The Morgan fingerprint density at radius 1 is 0.605 bits per heavy atom. The van der Waals surface area contributed by atoms with Gasteiger partial charge in [0.25, 0.3) is 0 Å². The van der Waals surface area contributed by atoms with E-state index in [0.717, 1.165) is 45.2 Å². The lowest BCUT2D eigenvalue weighted by molar-refractivity contribution is 0.338. The fourth-order valence-corrected chi connectivity index (χ4v) is 4.26. The average molecular weight is 583 g/mol. The lowest BCUT2D eigenvalue weighted by atomic mass is 10.1. The van der Waals surface area contributed by atoms with Crippen LogP contribution in [0.3, 0.4) is 0 Å². The van der Waals surface area contributed by atoms with Crippen molar-refractivity contribution in [3.05, 3.63) is 89.5 Å². The average Bonchev–Trinajstić information content (AvgIpc) is 3.67. The second-order valence-electron chi connectivity index (χ2n) is 9.13. The van der Waals surface area contributed by atoms with E-state index in [1.807, 2.05) is 109 Å². The molecule has 2 heterocycles. The highest BCUT2D eigenvalue weighted by atomic mass is 16.5. The molecule has 0 amide bonds. The molecule has 9 nitrogen and oxygen atoms in total. The molecular weight excluding hydrogens is 540 g/mol. The van der Waals surface area contributed by atoms with Crippen LogP contribution < -0.4 is 4.74 Å². The predicted molar refractivity (Wildman–Crippen MR) is 174 cm³/mol. The standard InChI is InChI=1S/C15H15N3O2.C15H15N3O.2C2H6/c1-3-20-11-8-10(2)15(19)14(9-11)18-16-12-6-4-5-7-13(12)17-18;1-3-11-8-10(2)15(19)14(9-11)18-16-12-6-4-5-7-13(12)17-18;2*1-2/h4-9,19H,3H2,1-2H3;4-9,19H,3H2,1-2H3;2*1-2H3. The molecule has 0 bridgehead atoms. The molecule has 0 aliphatic carbocycles. The van der Waals surface area contributed by atoms with E-state index in [9.17, 15) is 10.2 Å². The van der Waals surface area contributed by atoms with Crippen LogP contribution in [0, 0.1) is 13.8 Å². The smallest absolute Gasteiger partial charge is 0.146 e. The lowest BCUT2D eigenvalue weighted by Gasteiger charge is -2.10. The minimum absolute atomic E-state index is 0.161. The summed E-state index contributed by atoms with van der Waals surface area (Å²) in [6.45, 7) is 16.3. The molecule has 0 aliphatic heterocycles. The van der Waals surface area contributed by atoms with Gasteiger partial charge in [0.2, 0.25) is 0 Å². The summed E-state index contributed by atoms with van der Waals surface area (Å²) in [5.74, 6) is 1.09. The monoisotopic (exact) mass is 582 g/mol. The van der Waals surface area contributed by atoms with Gasteiger partial charge >= 0.3 is 0 Å². The van der Waals surface area contributed by atoms with Gasteiger partial charge in [-0.25, -0.2) is 0 Å². The largest absolute Gasteiger partial charge is 0.505 e. The third-order valence-corrected chi connectivity index (χ3v) is 6.32. The Hall–Kier alpha value is -4.92. The maximum Gasteiger partial charge on any atom is 0.146 e. The summed E-state index contributed by atoms with van der Waals surface area (Å²) in [5, 5.41) is 38.0. The molecule has 6 aromatic rings. The first kappa shape index (κ1) is 32.6. The Bertz CT molecular complexity index is 1710. The number of aromatic hydroxyl groups is 2. The second kappa shape index (κ2) is 15.3. The van der Waals surface area contributed by atoms with Crippen LogP contribution in [0.15, 0.2) is 72.8 Å². The number of fused-ring (bicyclic) bond motifs is 2. The van der Waals surface area contributed by atoms with Crippen molar-refractivity contribution >= 4 is 22.1 Å². The first-order valence-electron chi connectivity index (χ1n) is 14.8. The van der Waals surface area contributed by atoms with E-state index in [2.05, 4.69) is 27.3 Å². The highest BCUT2D eigenvalue weighted by molar-refractivity contribution is 5.74. The maximum absolute atomic E-state index is 10.2. The quantitative estimate of drug-likeness (QED) is 0.213. The third kappa shape index (κ3) is 7.48. The Balaban J connectivity index is 0.000000212. The first-order chi connectivity index (χ1) is 20.9. The normalized spacial score (nSPS) is 10.2. The lowest BCUT2D eigenvalue weighted by Crippen LogP contribution is -2.01. The van der Waals surface area contributed by atoms with Gasteiger partial charge in [-0.05, 0) is 80.3 Å². The van der Waals surface area contributed by atoms with Crippen LogP contribution in [0.4, 0.5) is 0 Å². The number of benzene rings is 4. The molecule has 43 heavy (non-hydrogen) atoms. The van der Waals surface area contributed by atoms with Crippen molar-refractivity contribution in [3.8, 4) is 28.6 Å². The number of phenolic OH excluding ortho intramolecular Hbond substituents is 2. The minimum Gasteiger partial charge on any atom is -0.505 e. The SMILES string of the molecule is CC.CC.CCOc1cc(C)c(O)c(-n2nc3ccccc3n2)c1.CCc1cc(C)c(O)c(-n2nc3ccccc3n2)c1. The molecule has 226 valence electrons. The number of rotatable bonds is 5. The molecule has 0 radical (unpaired) electrons. The molecule has 0 saturated heterocycles. The van der Waals surface area contributed by atoms with Crippen molar-refractivity contribution < 1.29 is 14.9 Å². The molecule has 0 spiro atoms. The molecule has 0 atom stereocenters. The van der Waals surface area contributed by atoms with E-state index in [4.69, 9.17) is 4.74 Å². The Kier molecular flexibility index (Phi) is 11.6. The highest BCUT2D eigenvalue weighted by Crippen LogP contribution is 2.31. The van der Waals surface area contributed by atoms with Crippen molar-refractivity contribution in [2.24, 2.45) is 0 Å². The van der Waals surface area contributed by atoms with E-state index in [0.29, 0.717) is 23.7 Å². The number of aryl methyl sites for hydroxylation is 3. The summed E-state index contributed by atoms with van der Waals surface area (Å²) in [5.41, 5.74) is 7.09. The third-order valence-electron chi connectivity index (χ3n) is 6.32. The van der Waals surface area contributed by atoms with Crippen LogP contribution in [0.2, 0.25) is 0 Å². The summed E-state index contributed by atoms with van der Waals surface area (Å²) in [6, 6.07) is 22.7. The second-order valence-corrected chi connectivity index (χ2v) is 9.13. The van der Waals surface area contributed by atoms with Crippen molar-refractivity contribution in [2.45, 2.75) is 61.8 Å².